The second kappa shape index (κ2) is 10.7. The molecule has 1 amide bonds. The van der Waals surface area contributed by atoms with Gasteiger partial charge < -0.3 is 15.0 Å². The Morgan fingerprint density at radius 3 is 2.83 bits per heavy atom. The van der Waals surface area contributed by atoms with Crippen molar-refractivity contribution in [3.8, 4) is 0 Å². The van der Waals surface area contributed by atoms with Gasteiger partial charge in [-0.3, -0.25) is 14.8 Å². The lowest BCUT2D eigenvalue weighted by Gasteiger charge is -2.24. The van der Waals surface area contributed by atoms with E-state index in [0.717, 1.165) is 34.3 Å². The Morgan fingerprint density at radius 1 is 1.06 bits per heavy atom. The summed E-state index contributed by atoms with van der Waals surface area (Å²) in [7, 11) is 0. The number of hydrogen-bond acceptors (Lipinski definition) is 5. The van der Waals surface area contributed by atoms with Gasteiger partial charge in [0.15, 0.2) is 0 Å². The number of rotatable bonds is 6. The molecule has 6 nitrogen and oxygen atoms in total. The van der Waals surface area contributed by atoms with Gasteiger partial charge in [-0.15, -0.1) is 0 Å². The summed E-state index contributed by atoms with van der Waals surface area (Å²) in [6.07, 6.45) is 4.45. The number of aryl methyl sites for hydroxylation is 1. The number of aromatic nitrogens is 2. The lowest BCUT2D eigenvalue weighted by molar-refractivity contribution is 0.0737. The van der Waals surface area contributed by atoms with Crippen molar-refractivity contribution in [2.45, 2.75) is 19.9 Å². The zero-order valence-corrected chi connectivity index (χ0v) is 20.0. The summed E-state index contributed by atoms with van der Waals surface area (Å²) in [5.41, 5.74) is 5.91. The topological polar surface area (TPSA) is 67.4 Å². The zero-order chi connectivity index (χ0) is 24.0. The van der Waals surface area contributed by atoms with Crippen molar-refractivity contribution in [1.29, 1.82) is 0 Å². The molecule has 0 bridgehead atoms. The van der Waals surface area contributed by atoms with Crippen LogP contribution >= 0.6 is 0 Å². The molecule has 1 saturated heterocycles. The summed E-state index contributed by atoms with van der Waals surface area (Å²) in [6.45, 7) is 5.09. The molecule has 2 aromatic heterocycles. The molecule has 0 radical (unpaired) electrons. The van der Waals surface area contributed by atoms with Crippen LogP contribution < -0.4 is 5.32 Å². The molecule has 1 fully saturated rings. The van der Waals surface area contributed by atoms with Gasteiger partial charge in [0.25, 0.3) is 5.91 Å². The highest BCUT2D eigenvalue weighted by atomic mass is 16.5. The number of hydrogen-bond donors (Lipinski definition) is 1. The first-order valence-corrected chi connectivity index (χ1v) is 12.1. The average molecular weight is 467 g/mol. The summed E-state index contributed by atoms with van der Waals surface area (Å²) in [5, 5.41) is 4.57. The highest BCUT2D eigenvalue weighted by Crippen LogP contribution is 2.23. The van der Waals surface area contributed by atoms with E-state index in [2.05, 4.69) is 39.6 Å². The predicted octanol–water partition coefficient (Wildman–Crippen LogP) is 4.88. The molecule has 1 atom stereocenters. The van der Waals surface area contributed by atoms with Gasteiger partial charge in [0.05, 0.1) is 31.0 Å². The van der Waals surface area contributed by atoms with Crippen LogP contribution in [0, 0.1) is 12.8 Å². The van der Waals surface area contributed by atoms with E-state index < -0.39 is 0 Å². The van der Waals surface area contributed by atoms with Crippen LogP contribution in [0.25, 0.3) is 10.9 Å². The molecule has 2 aromatic carbocycles. The first-order chi connectivity index (χ1) is 17.2. The Morgan fingerprint density at radius 2 is 1.94 bits per heavy atom. The number of amides is 1. The van der Waals surface area contributed by atoms with Crippen LogP contribution in [0.5, 0.6) is 0 Å². The summed E-state index contributed by atoms with van der Waals surface area (Å²) >= 11 is 0. The van der Waals surface area contributed by atoms with Crippen molar-refractivity contribution in [2.24, 2.45) is 5.92 Å². The van der Waals surface area contributed by atoms with E-state index in [4.69, 9.17) is 4.74 Å². The minimum absolute atomic E-state index is 0.0393. The molecule has 3 heterocycles. The molecular formula is C29H30N4O2. The zero-order valence-electron chi connectivity index (χ0n) is 20.0. The Bertz CT molecular complexity index is 1300. The van der Waals surface area contributed by atoms with Crippen molar-refractivity contribution >= 4 is 22.5 Å². The van der Waals surface area contributed by atoms with E-state index in [1.807, 2.05) is 60.5 Å². The Kier molecular flexibility index (Phi) is 7.00. The number of carbonyl (C=O) groups is 1. The minimum Gasteiger partial charge on any atom is -0.379 e. The van der Waals surface area contributed by atoms with Gasteiger partial charge >= 0.3 is 0 Å². The number of fused-ring (bicyclic) bond motifs is 1. The van der Waals surface area contributed by atoms with Crippen molar-refractivity contribution < 1.29 is 9.53 Å². The number of ether oxygens (including phenoxy) is 1. The van der Waals surface area contributed by atoms with Crippen molar-refractivity contribution in [3.05, 3.63) is 102 Å². The third-order valence-corrected chi connectivity index (χ3v) is 6.52. The monoisotopic (exact) mass is 466 g/mol. The van der Waals surface area contributed by atoms with Crippen molar-refractivity contribution in [3.63, 3.8) is 0 Å². The summed E-state index contributed by atoms with van der Waals surface area (Å²) in [4.78, 5) is 24.4. The molecule has 5 rings (SSSR count). The summed E-state index contributed by atoms with van der Waals surface area (Å²) in [5.74, 6) is 0.249. The summed E-state index contributed by atoms with van der Waals surface area (Å²) < 4.78 is 5.90. The normalized spacial score (nSPS) is 16.1. The molecule has 1 aliphatic heterocycles. The Balaban J connectivity index is 1.30. The van der Waals surface area contributed by atoms with Crippen molar-refractivity contribution in [2.75, 3.05) is 31.6 Å². The molecule has 6 heteroatoms. The van der Waals surface area contributed by atoms with Crippen LogP contribution in [0.3, 0.4) is 0 Å². The Labute approximate surface area is 206 Å². The van der Waals surface area contributed by atoms with Gasteiger partial charge in [-0.2, -0.15) is 0 Å². The number of nitrogens with one attached hydrogen (secondary N) is 1. The Hall–Kier alpha value is -3.77. The molecule has 0 unspecified atom stereocenters. The van der Waals surface area contributed by atoms with Gasteiger partial charge in [-0.1, -0.05) is 36.4 Å². The molecule has 1 aliphatic rings. The fraction of sp³-hybridized carbons (Fsp3) is 0.276. The number of pyridine rings is 2. The van der Waals surface area contributed by atoms with E-state index in [-0.39, 0.29) is 11.8 Å². The third kappa shape index (κ3) is 5.49. The largest absolute Gasteiger partial charge is 0.379 e. The second-order valence-electron chi connectivity index (χ2n) is 9.09. The molecule has 35 heavy (non-hydrogen) atoms. The maximum absolute atomic E-state index is 13.5. The SMILES string of the molecule is Cc1ccc(C(=O)N2CCOC[C@H](Cc3cccc4cccnc34)C2)cc1NCc1ccccn1. The standard InChI is InChI=1S/C29H30N4O2/c1-21-10-11-25(17-27(21)32-18-26-9-2-3-12-30-26)29(34)33-14-15-35-20-22(19-33)16-24-7-4-6-23-8-5-13-31-28(23)24/h2-13,17,22,32H,14-16,18-20H2,1H3/t22-/m1/s1. The molecule has 0 aliphatic carbocycles. The number of nitrogens with zero attached hydrogens (tertiary/aromatic N) is 3. The number of carbonyl (C=O) groups excluding carboxylic acids is 1. The molecule has 0 spiro atoms. The van der Waals surface area contributed by atoms with Crippen molar-refractivity contribution in [1.82, 2.24) is 14.9 Å². The highest BCUT2D eigenvalue weighted by Gasteiger charge is 2.24. The van der Waals surface area contributed by atoms with Gasteiger partial charge in [-0.25, -0.2) is 0 Å². The molecule has 1 N–H and O–H groups in total. The van der Waals surface area contributed by atoms with Crippen LogP contribution in [-0.2, 0) is 17.7 Å². The summed E-state index contributed by atoms with van der Waals surface area (Å²) in [6, 6.07) is 22.1. The molecular weight excluding hydrogens is 436 g/mol. The van der Waals surface area contributed by atoms with Gasteiger partial charge in [0.1, 0.15) is 0 Å². The van der Waals surface area contributed by atoms with Crippen LogP contribution in [0.1, 0.15) is 27.2 Å². The van der Waals surface area contributed by atoms with E-state index in [1.54, 1.807) is 6.20 Å². The molecule has 0 saturated carbocycles. The lowest BCUT2D eigenvalue weighted by Crippen LogP contribution is -2.36. The van der Waals surface area contributed by atoms with E-state index in [0.29, 0.717) is 38.4 Å². The quantitative estimate of drug-likeness (QED) is 0.439. The fourth-order valence-corrected chi connectivity index (χ4v) is 4.65. The molecule has 4 aromatic rings. The number of anilines is 1. The van der Waals surface area contributed by atoms with Crippen LogP contribution in [0.15, 0.2) is 79.1 Å². The first-order valence-electron chi connectivity index (χ1n) is 12.1. The average Bonchev–Trinajstić information content (AvgIpc) is 3.14. The van der Waals surface area contributed by atoms with Gasteiger partial charge in [0.2, 0.25) is 0 Å². The van der Waals surface area contributed by atoms with Crippen LogP contribution in [0.2, 0.25) is 0 Å². The van der Waals surface area contributed by atoms with Gasteiger partial charge in [0, 0.05) is 48.0 Å². The molecule has 178 valence electrons. The fourth-order valence-electron chi connectivity index (χ4n) is 4.65. The maximum Gasteiger partial charge on any atom is 0.254 e. The van der Waals surface area contributed by atoms with Crippen LogP contribution in [-0.4, -0.2) is 47.1 Å². The maximum atomic E-state index is 13.5. The third-order valence-electron chi connectivity index (χ3n) is 6.52. The predicted molar refractivity (Wildman–Crippen MR) is 138 cm³/mol. The second-order valence-corrected chi connectivity index (χ2v) is 9.09. The van der Waals surface area contributed by atoms with E-state index in [9.17, 15) is 4.79 Å². The van der Waals surface area contributed by atoms with E-state index >= 15 is 0 Å². The lowest BCUT2D eigenvalue weighted by atomic mass is 9.97. The number of para-hydroxylation sites is 1. The first kappa shape index (κ1) is 23.0. The van der Waals surface area contributed by atoms with E-state index in [1.165, 1.54) is 5.56 Å². The highest BCUT2D eigenvalue weighted by molar-refractivity contribution is 5.95. The van der Waals surface area contributed by atoms with Gasteiger partial charge in [-0.05, 0) is 54.8 Å². The minimum atomic E-state index is 0.0393. The van der Waals surface area contributed by atoms with Crippen LogP contribution in [0.4, 0.5) is 5.69 Å². The smallest absolute Gasteiger partial charge is 0.254 e. The number of benzene rings is 2.